The van der Waals surface area contributed by atoms with Gasteiger partial charge in [0.2, 0.25) is 0 Å². The molecule has 0 saturated carbocycles. The molecule has 0 amide bonds. The molecule has 1 aromatic heterocycles. The third kappa shape index (κ3) is 5.27. The first-order chi connectivity index (χ1) is 5.86. The van der Waals surface area contributed by atoms with E-state index in [2.05, 4.69) is 24.2 Å². The van der Waals surface area contributed by atoms with Gasteiger partial charge in [0, 0.05) is 12.7 Å². The molecule has 0 fully saturated rings. The Balaban J connectivity index is 0.00000144. The number of aromatic nitrogens is 3. The van der Waals surface area contributed by atoms with Gasteiger partial charge in [0.05, 0.1) is 5.69 Å². The predicted octanol–water partition coefficient (Wildman–Crippen LogP) is -1.15. The standard InChI is InChI=1S/C9H16N3.K/c1-3-5-6-7-9-8-12(4-2)11-10-9;/h8H,1,3-7H2,2H3;/q-1;+1. The Hall–Kier alpha value is 0.776. The minimum absolute atomic E-state index is 0. The van der Waals surface area contributed by atoms with Crippen molar-refractivity contribution in [2.75, 3.05) is 0 Å². The maximum absolute atomic E-state index is 4.05. The van der Waals surface area contributed by atoms with E-state index in [9.17, 15) is 0 Å². The Kier molecular flexibility index (Phi) is 8.60. The molecule has 1 heterocycles. The zero-order valence-electron chi connectivity index (χ0n) is 8.66. The first kappa shape index (κ1) is 13.8. The molecule has 0 aliphatic rings. The molecule has 0 spiro atoms. The summed E-state index contributed by atoms with van der Waals surface area (Å²) in [6.45, 7) is 6.77. The summed E-state index contributed by atoms with van der Waals surface area (Å²) >= 11 is 0. The molecule has 0 aliphatic carbocycles. The van der Waals surface area contributed by atoms with Crippen LogP contribution in [0.25, 0.3) is 0 Å². The largest absolute Gasteiger partial charge is 1.00 e. The summed E-state index contributed by atoms with van der Waals surface area (Å²) in [5, 5.41) is 8.02. The molecule has 0 atom stereocenters. The summed E-state index contributed by atoms with van der Waals surface area (Å²) < 4.78 is 1.86. The van der Waals surface area contributed by atoms with E-state index >= 15 is 0 Å². The predicted molar refractivity (Wildman–Crippen MR) is 48.6 cm³/mol. The SMILES string of the molecule is [CH2-]CCCCc1cn(CC)nn1.[K+]. The second-order valence-corrected chi connectivity index (χ2v) is 2.88. The van der Waals surface area contributed by atoms with Gasteiger partial charge in [-0.15, -0.1) is 5.10 Å². The van der Waals surface area contributed by atoms with Gasteiger partial charge in [-0.25, -0.2) is 0 Å². The van der Waals surface area contributed by atoms with E-state index in [0.29, 0.717) is 0 Å². The second kappa shape index (κ2) is 8.12. The number of hydrogen-bond donors (Lipinski definition) is 0. The molecule has 4 heteroatoms. The van der Waals surface area contributed by atoms with Gasteiger partial charge in [-0.2, -0.15) is 6.42 Å². The number of hydrogen-bond acceptors (Lipinski definition) is 2. The van der Waals surface area contributed by atoms with Crippen LogP contribution in [0.2, 0.25) is 0 Å². The Morgan fingerprint density at radius 1 is 1.46 bits per heavy atom. The van der Waals surface area contributed by atoms with Crippen molar-refractivity contribution in [3.63, 3.8) is 0 Å². The minimum atomic E-state index is 0. The summed E-state index contributed by atoms with van der Waals surface area (Å²) in [6, 6.07) is 0. The average molecular weight is 205 g/mol. The molecular formula is C9H16KN3. The van der Waals surface area contributed by atoms with Gasteiger partial charge in [-0.1, -0.05) is 18.1 Å². The van der Waals surface area contributed by atoms with Crippen molar-refractivity contribution in [2.24, 2.45) is 0 Å². The van der Waals surface area contributed by atoms with Crippen LogP contribution < -0.4 is 51.4 Å². The van der Waals surface area contributed by atoms with Crippen LogP contribution in [0.5, 0.6) is 0 Å². The molecular weight excluding hydrogens is 189 g/mol. The van der Waals surface area contributed by atoms with Crippen molar-refractivity contribution in [1.29, 1.82) is 0 Å². The molecule has 0 aliphatic heterocycles. The van der Waals surface area contributed by atoms with Gasteiger partial charge >= 0.3 is 51.4 Å². The third-order valence-electron chi connectivity index (χ3n) is 1.84. The van der Waals surface area contributed by atoms with Crippen LogP contribution in [0.3, 0.4) is 0 Å². The summed E-state index contributed by atoms with van der Waals surface area (Å²) in [6.07, 6.45) is 6.42. The summed E-state index contributed by atoms with van der Waals surface area (Å²) in [7, 11) is 0. The van der Waals surface area contributed by atoms with Crippen LogP contribution in [0, 0.1) is 6.92 Å². The van der Waals surface area contributed by atoms with Crippen LogP contribution in [0.15, 0.2) is 6.20 Å². The Labute approximate surface area is 123 Å². The first-order valence-electron chi connectivity index (χ1n) is 4.55. The molecule has 1 rings (SSSR count). The van der Waals surface area contributed by atoms with Crippen molar-refractivity contribution in [2.45, 2.75) is 39.2 Å². The van der Waals surface area contributed by atoms with Crippen LogP contribution in [-0.2, 0) is 13.0 Å². The smallest absolute Gasteiger partial charge is 0.343 e. The Morgan fingerprint density at radius 3 is 2.77 bits per heavy atom. The maximum Gasteiger partial charge on any atom is 1.00 e. The molecule has 0 unspecified atom stereocenters. The second-order valence-electron chi connectivity index (χ2n) is 2.88. The minimum Gasteiger partial charge on any atom is -0.343 e. The van der Waals surface area contributed by atoms with E-state index in [1.165, 1.54) is 12.8 Å². The van der Waals surface area contributed by atoms with Gasteiger partial charge in [-0.05, 0) is 13.3 Å². The van der Waals surface area contributed by atoms with E-state index in [4.69, 9.17) is 0 Å². The van der Waals surface area contributed by atoms with Crippen LogP contribution in [0.1, 0.15) is 31.9 Å². The molecule has 0 aromatic carbocycles. The quantitative estimate of drug-likeness (QED) is 0.345. The van der Waals surface area contributed by atoms with Gasteiger partial charge in [0.1, 0.15) is 0 Å². The van der Waals surface area contributed by atoms with Crippen molar-refractivity contribution < 1.29 is 51.4 Å². The topological polar surface area (TPSA) is 30.7 Å². The van der Waals surface area contributed by atoms with Crippen molar-refractivity contribution in [3.05, 3.63) is 18.8 Å². The van der Waals surface area contributed by atoms with Gasteiger partial charge in [0.15, 0.2) is 0 Å². The monoisotopic (exact) mass is 205 g/mol. The molecule has 3 nitrogen and oxygen atoms in total. The van der Waals surface area contributed by atoms with E-state index in [0.717, 1.165) is 25.1 Å². The van der Waals surface area contributed by atoms with Gasteiger partial charge in [-0.3, -0.25) is 4.68 Å². The molecule has 0 saturated heterocycles. The summed E-state index contributed by atoms with van der Waals surface area (Å²) in [5.74, 6) is 0. The molecule has 0 radical (unpaired) electrons. The number of aryl methyl sites for hydroxylation is 2. The molecule has 68 valence electrons. The van der Waals surface area contributed by atoms with E-state index in [-0.39, 0.29) is 51.4 Å². The Bertz CT molecular complexity index is 222. The molecule has 0 bridgehead atoms. The third-order valence-corrected chi connectivity index (χ3v) is 1.84. The molecule has 1 aromatic rings. The average Bonchev–Trinajstić information content (AvgIpc) is 2.53. The zero-order chi connectivity index (χ0) is 8.81. The van der Waals surface area contributed by atoms with Crippen molar-refractivity contribution in [3.8, 4) is 0 Å². The Morgan fingerprint density at radius 2 is 2.23 bits per heavy atom. The fraction of sp³-hybridized carbons (Fsp3) is 0.667. The number of rotatable bonds is 5. The van der Waals surface area contributed by atoms with Gasteiger partial charge < -0.3 is 6.92 Å². The summed E-state index contributed by atoms with van der Waals surface area (Å²) in [5.41, 5.74) is 1.10. The van der Waals surface area contributed by atoms with E-state index in [1.807, 2.05) is 10.9 Å². The van der Waals surface area contributed by atoms with E-state index < -0.39 is 0 Å². The normalized spacial score (nSPS) is 9.69. The first-order valence-corrected chi connectivity index (χ1v) is 4.55. The van der Waals surface area contributed by atoms with Gasteiger partial charge in [0.25, 0.3) is 0 Å². The number of nitrogens with zero attached hydrogens (tertiary/aromatic N) is 3. The fourth-order valence-corrected chi connectivity index (χ4v) is 1.09. The fourth-order valence-electron chi connectivity index (χ4n) is 1.09. The van der Waals surface area contributed by atoms with E-state index in [1.54, 1.807) is 0 Å². The zero-order valence-corrected chi connectivity index (χ0v) is 11.8. The van der Waals surface area contributed by atoms with Crippen LogP contribution >= 0.6 is 0 Å². The van der Waals surface area contributed by atoms with Crippen molar-refractivity contribution >= 4 is 0 Å². The number of unbranched alkanes of at least 4 members (excludes halogenated alkanes) is 2. The molecule has 0 N–H and O–H groups in total. The molecule has 13 heavy (non-hydrogen) atoms. The van der Waals surface area contributed by atoms with Crippen LogP contribution in [0.4, 0.5) is 0 Å². The van der Waals surface area contributed by atoms with Crippen molar-refractivity contribution in [1.82, 2.24) is 15.0 Å². The van der Waals surface area contributed by atoms with Crippen LogP contribution in [-0.4, -0.2) is 15.0 Å². The summed E-state index contributed by atoms with van der Waals surface area (Å²) in [4.78, 5) is 0. The maximum atomic E-state index is 4.05.